The predicted octanol–water partition coefficient (Wildman–Crippen LogP) is 2.98. The lowest BCUT2D eigenvalue weighted by molar-refractivity contribution is 0.600. The number of benzene rings is 2. The van der Waals surface area contributed by atoms with Crippen LogP contribution in [0.3, 0.4) is 0 Å². The molecule has 2 rings (SSSR count). The minimum absolute atomic E-state index is 0.0166. The largest absolute Gasteiger partial charge is 0.377 e. The maximum atomic E-state index is 12.1. The molecule has 0 spiro atoms. The first-order valence-electron chi connectivity index (χ1n) is 7.36. The second-order valence-corrected chi connectivity index (χ2v) is 9.92. The molecule has 1 atom stereocenters. The van der Waals surface area contributed by atoms with Crippen LogP contribution in [0.1, 0.15) is 24.1 Å². The summed E-state index contributed by atoms with van der Waals surface area (Å²) in [6.07, 6.45) is 2.12. The van der Waals surface area contributed by atoms with E-state index < -0.39 is 19.7 Å². The third-order valence-electron chi connectivity index (χ3n) is 3.81. The van der Waals surface area contributed by atoms with Crippen molar-refractivity contribution in [1.29, 1.82) is 0 Å². The van der Waals surface area contributed by atoms with Gasteiger partial charge in [-0.1, -0.05) is 24.3 Å². The highest BCUT2D eigenvalue weighted by Crippen LogP contribution is 2.29. The highest BCUT2D eigenvalue weighted by molar-refractivity contribution is 7.91. The molecule has 0 saturated heterocycles. The second-order valence-electron chi connectivity index (χ2n) is 5.92. The van der Waals surface area contributed by atoms with Crippen LogP contribution in [0.2, 0.25) is 0 Å². The highest BCUT2D eigenvalue weighted by atomic mass is 32.2. The number of rotatable bonds is 5. The van der Waals surface area contributed by atoms with Crippen molar-refractivity contribution in [2.75, 3.05) is 17.8 Å². The lowest BCUT2D eigenvalue weighted by Gasteiger charge is -2.20. The second kappa shape index (κ2) is 6.57. The number of nitrogens with one attached hydrogen (secondary N) is 1. The van der Waals surface area contributed by atoms with Gasteiger partial charge in [0.1, 0.15) is 0 Å². The van der Waals surface area contributed by atoms with E-state index in [1.54, 1.807) is 0 Å². The Bertz CT molecular complexity index is 964. The average molecular weight is 367 g/mol. The van der Waals surface area contributed by atoms with Crippen molar-refractivity contribution in [2.24, 2.45) is 0 Å². The van der Waals surface area contributed by atoms with E-state index in [0.29, 0.717) is 5.69 Å². The minimum atomic E-state index is -3.58. The summed E-state index contributed by atoms with van der Waals surface area (Å²) >= 11 is 0. The van der Waals surface area contributed by atoms with E-state index in [2.05, 4.69) is 5.32 Å². The van der Waals surface area contributed by atoms with Crippen molar-refractivity contribution in [3.05, 3.63) is 53.6 Å². The summed E-state index contributed by atoms with van der Waals surface area (Å²) in [6, 6.07) is 11.8. The van der Waals surface area contributed by atoms with Gasteiger partial charge in [-0.15, -0.1) is 0 Å². The maximum Gasteiger partial charge on any atom is 0.177 e. The molecule has 5 nitrogen and oxygen atoms in total. The normalized spacial score (nSPS) is 13.5. The fourth-order valence-electron chi connectivity index (χ4n) is 2.54. The molecule has 1 N–H and O–H groups in total. The predicted molar refractivity (Wildman–Crippen MR) is 95.9 cm³/mol. The molecule has 0 unspecified atom stereocenters. The Balaban J connectivity index is 2.49. The highest BCUT2D eigenvalue weighted by Gasteiger charge is 2.19. The van der Waals surface area contributed by atoms with E-state index in [1.165, 1.54) is 18.2 Å². The Morgan fingerprint density at radius 2 is 1.54 bits per heavy atom. The van der Waals surface area contributed by atoms with Crippen molar-refractivity contribution in [3.8, 4) is 0 Å². The Hall–Kier alpha value is -1.86. The minimum Gasteiger partial charge on any atom is -0.377 e. The number of sulfone groups is 2. The van der Waals surface area contributed by atoms with Crippen LogP contribution in [0.15, 0.2) is 52.3 Å². The first-order chi connectivity index (χ1) is 11.0. The molecule has 2 aromatic rings. The summed E-state index contributed by atoms with van der Waals surface area (Å²) in [6.45, 7) is 3.91. The van der Waals surface area contributed by atoms with Crippen molar-refractivity contribution in [2.45, 2.75) is 29.7 Å². The van der Waals surface area contributed by atoms with Crippen molar-refractivity contribution in [3.63, 3.8) is 0 Å². The van der Waals surface area contributed by atoms with Gasteiger partial charge in [0, 0.05) is 18.6 Å². The zero-order valence-corrected chi connectivity index (χ0v) is 15.7. The third-order valence-corrected chi connectivity index (χ3v) is 6.05. The molecule has 0 heterocycles. The number of hydrogen-bond acceptors (Lipinski definition) is 5. The van der Waals surface area contributed by atoms with Crippen molar-refractivity contribution >= 4 is 25.4 Å². The lowest BCUT2D eigenvalue weighted by Crippen LogP contribution is -2.12. The molecule has 0 fully saturated rings. The zero-order valence-electron chi connectivity index (χ0n) is 14.1. The number of hydrogen-bond donors (Lipinski definition) is 1. The van der Waals surface area contributed by atoms with E-state index in [1.807, 2.05) is 38.1 Å². The van der Waals surface area contributed by atoms with Gasteiger partial charge in [0.15, 0.2) is 19.7 Å². The quantitative estimate of drug-likeness (QED) is 0.879. The third kappa shape index (κ3) is 4.15. The Kier molecular flexibility index (Phi) is 5.05. The SMILES string of the molecule is Cc1ccccc1[C@@H](C)Nc1ccc(S(C)(=O)=O)cc1S(C)(=O)=O. The van der Waals surface area contributed by atoms with Crippen molar-refractivity contribution in [1.82, 2.24) is 0 Å². The summed E-state index contributed by atoms with van der Waals surface area (Å²) in [7, 11) is -7.06. The van der Waals surface area contributed by atoms with Gasteiger partial charge in [-0.3, -0.25) is 0 Å². The molecule has 0 amide bonds. The van der Waals surface area contributed by atoms with E-state index in [9.17, 15) is 16.8 Å². The van der Waals surface area contributed by atoms with E-state index >= 15 is 0 Å². The summed E-state index contributed by atoms with van der Waals surface area (Å²) < 4.78 is 47.6. The fraction of sp³-hybridized carbons (Fsp3) is 0.294. The molecule has 130 valence electrons. The van der Waals surface area contributed by atoms with Gasteiger partial charge in [-0.25, -0.2) is 16.8 Å². The Labute approximate surface area is 143 Å². The summed E-state index contributed by atoms with van der Waals surface area (Å²) in [5.74, 6) is 0. The number of anilines is 1. The molecule has 0 aliphatic rings. The monoisotopic (exact) mass is 367 g/mol. The average Bonchev–Trinajstić information content (AvgIpc) is 2.45. The van der Waals surface area contributed by atoms with Crippen LogP contribution in [-0.4, -0.2) is 29.3 Å². The fourth-order valence-corrected chi connectivity index (χ4v) is 4.13. The first-order valence-corrected chi connectivity index (χ1v) is 11.1. The molecule has 0 saturated carbocycles. The van der Waals surface area contributed by atoms with Crippen LogP contribution >= 0.6 is 0 Å². The maximum absolute atomic E-state index is 12.1. The van der Waals surface area contributed by atoms with Gasteiger partial charge in [-0.2, -0.15) is 0 Å². The van der Waals surface area contributed by atoms with E-state index in [-0.39, 0.29) is 15.8 Å². The van der Waals surface area contributed by atoms with Crippen LogP contribution in [0, 0.1) is 6.92 Å². The molecule has 0 radical (unpaired) electrons. The molecule has 24 heavy (non-hydrogen) atoms. The smallest absolute Gasteiger partial charge is 0.177 e. The van der Waals surface area contributed by atoms with Gasteiger partial charge in [0.05, 0.1) is 15.5 Å². The Morgan fingerprint density at radius 1 is 0.917 bits per heavy atom. The molecular weight excluding hydrogens is 346 g/mol. The van der Waals surface area contributed by atoms with Gasteiger partial charge < -0.3 is 5.32 Å². The molecule has 0 aliphatic heterocycles. The van der Waals surface area contributed by atoms with Gasteiger partial charge in [0.25, 0.3) is 0 Å². The molecular formula is C17H21NO4S2. The van der Waals surface area contributed by atoms with Crippen LogP contribution in [0.25, 0.3) is 0 Å². The zero-order chi connectivity index (χ0) is 18.1. The number of aryl methyl sites for hydroxylation is 1. The van der Waals surface area contributed by atoms with Crippen LogP contribution in [0.5, 0.6) is 0 Å². The van der Waals surface area contributed by atoms with Crippen LogP contribution < -0.4 is 5.32 Å². The lowest BCUT2D eigenvalue weighted by atomic mass is 10.0. The van der Waals surface area contributed by atoms with E-state index in [4.69, 9.17) is 0 Å². The molecule has 2 aromatic carbocycles. The Morgan fingerprint density at radius 3 is 2.08 bits per heavy atom. The molecule has 7 heteroatoms. The summed E-state index contributed by atoms with van der Waals surface area (Å²) in [4.78, 5) is -0.0390. The molecule has 0 bridgehead atoms. The van der Waals surface area contributed by atoms with E-state index in [0.717, 1.165) is 23.6 Å². The molecule has 0 aliphatic carbocycles. The summed E-state index contributed by atoms with van der Waals surface area (Å²) in [5, 5.41) is 3.18. The van der Waals surface area contributed by atoms with Gasteiger partial charge in [-0.05, 0) is 43.2 Å². The van der Waals surface area contributed by atoms with Crippen molar-refractivity contribution < 1.29 is 16.8 Å². The summed E-state index contributed by atoms with van der Waals surface area (Å²) in [5.41, 5.74) is 2.52. The standard InChI is InChI=1S/C17H21NO4S2/c1-12-7-5-6-8-15(12)13(2)18-16-10-9-14(23(3,19)20)11-17(16)24(4,21)22/h5-11,13,18H,1-4H3/t13-/m1/s1. The topological polar surface area (TPSA) is 80.3 Å². The molecule has 0 aromatic heterocycles. The first kappa shape index (κ1) is 18.5. The van der Waals surface area contributed by atoms with Gasteiger partial charge >= 0.3 is 0 Å². The van der Waals surface area contributed by atoms with Crippen LogP contribution in [-0.2, 0) is 19.7 Å². The van der Waals surface area contributed by atoms with Crippen LogP contribution in [0.4, 0.5) is 5.69 Å². The van der Waals surface area contributed by atoms with Gasteiger partial charge in [0.2, 0.25) is 0 Å².